The molecule has 0 radical (unpaired) electrons. The molecule has 0 spiro atoms. The van der Waals surface area contributed by atoms with E-state index in [-0.39, 0.29) is 42.5 Å². The van der Waals surface area contributed by atoms with Gasteiger partial charge in [0.25, 0.3) is 0 Å². The maximum absolute atomic E-state index is 12.1. The summed E-state index contributed by atoms with van der Waals surface area (Å²) >= 11 is 0. The van der Waals surface area contributed by atoms with Gasteiger partial charge >= 0.3 is 0 Å². The third kappa shape index (κ3) is 4.26. The van der Waals surface area contributed by atoms with Gasteiger partial charge in [0.1, 0.15) is 23.1 Å². The van der Waals surface area contributed by atoms with Crippen LogP contribution in [-0.4, -0.2) is 24.5 Å². The number of hydrogen-bond donors (Lipinski definition) is 0. The average molecular weight is 302 g/mol. The number of aryl methyl sites for hydroxylation is 1. The molecule has 2 rings (SSSR count). The van der Waals surface area contributed by atoms with E-state index in [9.17, 15) is 14.4 Å². The Morgan fingerprint density at radius 1 is 1.00 bits per heavy atom. The molecule has 1 atom stereocenters. The lowest BCUT2D eigenvalue weighted by molar-refractivity contribution is -0.129. The molecule has 22 heavy (non-hydrogen) atoms. The molecule has 1 saturated carbocycles. The molecule has 118 valence electrons. The largest absolute Gasteiger partial charge is 0.496 e. The smallest absolute Gasteiger partial charge is 0.140 e. The van der Waals surface area contributed by atoms with Gasteiger partial charge in [0.15, 0.2) is 0 Å². The first kappa shape index (κ1) is 16.4. The van der Waals surface area contributed by atoms with E-state index in [1.165, 1.54) is 0 Å². The third-order valence-electron chi connectivity index (χ3n) is 4.21. The van der Waals surface area contributed by atoms with Gasteiger partial charge in [0, 0.05) is 25.7 Å². The van der Waals surface area contributed by atoms with E-state index in [0.717, 1.165) is 16.9 Å². The number of rotatable bonds is 2. The lowest BCUT2D eigenvalue weighted by Gasteiger charge is -2.19. The summed E-state index contributed by atoms with van der Waals surface area (Å²) < 4.78 is 5.26. The normalized spacial score (nSPS) is 20.8. The van der Waals surface area contributed by atoms with E-state index < -0.39 is 0 Å². The fraction of sp³-hybridized carbons (Fsp3) is 0.500. The molecule has 1 aromatic carbocycles. The number of methoxy groups -OCH3 is 1. The predicted octanol–water partition coefficient (Wildman–Crippen LogP) is 3.15. The van der Waals surface area contributed by atoms with Crippen molar-refractivity contribution in [2.75, 3.05) is 7.11 Å². The fourth-order valence-electron chi connectivity index (χ4n) is 2.93. The number of ether oxygens (including phenoxy) is 1. The summed E-state index contributed by atoms with van der Waals surface area (Å²) in [6.07, 6.45) is 1.78. The third-order valence-corrected chi connectivity index (χ3v) is 4.21. The minimum absolute atomic E-state index is 0.0189. The molecule has 0 aliphatic heterocycles. The second-order valence-electron chi connectivity index (χ2n) is 5.96. The highest BCUT2D eigenvalue weighted by Crippen LogP contribution is 2.30. The van der Waals surface area contributed by atoms with Crippen molar-refractivity contribution in [2.45, 2.75) is 51.4 Å². The highest BCUT2D eigenvalue weighted by molar-refractivity contribution is 6.00. The molecule has 1 aliphatic rings. The van der Waals surface area contributed by atoms with Crippen LogP contribution in [0.3, 0.4) is 0 Å². The van der Waals surface area contributed by atoms with Gasteiger partial charge in [0.05, 0.1) is 13.5 Å². The molecular formula is C18H22O4. The zero-order valence-electron chi connectivity index (χ0n) is 13.2. The molecule has 1 fully saturated rings. The molecule has 0 unspecified atom stereocenters. The average Bonchev–Trinajstić information content (AvgIpc) is 2.48. The Morgan fingerprint density at radius 3 is 2.36 bits per heavy atom. The highest BCUT2D eigenvalue weighted by Gasteiger charge is 2.22. The van der Waals surface area contributed by atoms with Crippen LogP contribution in [0.1, 0.15) is 55.6 Å². The van der Waals surface area contributed by atoms with Crippen LogP contribution in [-0.2, 0) is 14.4 Å². The highest BCUT2D eigenvalue weighted by atomic mass is 16.5. The Labute approximate surface area is 130 Å². The SMILES string of the molecule is COc1ccc([C@@H]2CCC(=O)CC(=O)CCC(=O)C2)cc1C. The summed E-state index contributed by atoms with van der Waals surface area (Å²) in [5, 5.41) is 0. The molecule has 0 bridgehead atoms. The van der Waals surface area contributed by atoms with Crippen LogP contribution >= 0.6 is 0 Å². The number of benzene rings is 1. The Kier molecular flexibility index (Phi) is 5.47. The van der Waals surface area contributed by atoms with Crippen LogP contribution in [0.5, 0.6) is 5.75 Å². The Balaban J connectivity index is 2.19. The van der Waals surface area contributed by atoms with E-state index in [2.05, 4.69) is 0 Å². The molecular weight excluding hydrogens is 280 g/mol. The zero-order chi connectivity index (χ0) is 16.1. The quantitative estimate of drug-likeness (QED) is 0.787. The Hall–Kier alpha value is -1.97. The molecule has 4 nitrogen and oxygen atoms in total. The molecule has 4 heteroatoms. The molecule has 1 aromatic rings. The summed E-state index contributed by atoms with van der Waals surface area (Å²) in [4.78, 5) is 35.4. The molecule has 0 aromatic heterocycles. The Bertz CT molecular complexity index is 589. The molecule has 0 amide bonds. The van der Waals surface area contributed by atoms with Crippen LogP contribution in [0.4, 0.5) is 0 Å². The van der Waals surface area contributed by atoms with Gasteiger partial charge in [-0.3, -0.25) is 14.4 Å². The minimum Gasteiger partial charge on any atom is -0.496 e. The Morgan fingerprint density at radius 2 is 1.68 bits per heavy atom. The molecule has 1 aliphatic carbocycles. The molecule has 0 N–H and O–H groups in total. The van der Waals surface area contributed by atoms with Crippen molar-refractivity contribution in [1.29, 1.82) is 0 Å². The number of carbonyl (C=O) groups excluding carboxylic acids is 3. The monoisotopic (exact) mass is 302 g/mol. The van der Waals surface area contributed by atoms with Crippen molar-refractivity contribution < 1.29 is 19.1 Å². The van der Waals surface area contributed by atoms with Gasteiger partial charge in [-0.05, 0) is 36.5 Å². The topological polar surface area (TPSA) is 60.4 Å². The van der Waals surface area contributed by atoms with E-state index in [0.29, 0.717) is 19.3 Å². The van der Waals surface area contributed by atoms with Crippen molar-refractivity contribution >= 4 is 17.3 Å². The number of ketones is 3. The second kappa shape index (κ2) is 7.34. The van der Waals surface area contributed by atoms with Crippen molar-refractivity contribution in [3.05, 3.63) is 29.3 Å². The number of Topliss-reactive ketones (excluding diaryl/α,β-unsaturated/α-hetero) is 3. The van der Waals surface area contributed by atoms with Crippen LogP contribution < -0.4 is 4.74 Å². The summed E-state index contributed by atoms with van der Waals surface area (Å²) in [6, 6.07) is 5.89. The van der Waals surface area contributed by atoms with Gasteiger partial charge in [-0.25, -0.2) is 0 Å². The lowest BCUT2D eigenvalue weighted by Crippen LogP contribution is -2.16. The van der Waals surface area contributed by atoms with E-state index >= 15 is 0 Å². The first-order valence-corrected chi connectivity index (χ1v) is 7.69. The van der Waals surface area contributed by atoms with Crippen LogP contribution in [0.15, 0.2) is 18.2 Å². The zero-order valence-corrected chi connectivity index (χ0v) is 13.2. The van der Waals surface area contributed by atoms with Gasteiger partial charge in [-0.2, -0.15) is 0 Å². The van der Waals surface area contributed by atoms with Crippen molar-refractivity contribution in [2.24, 2.45) is 0 Å². The minimum atomic E-state index is -0.114. The standard InChI is InChI=1S/C18H22O4/c1-12-9-13(4-8-18(12)22-2)14-3-5-16(20)11-17(21)7-6-15(19)10-14/h4,8-9,14H,3,5-7,10-11H2,1-2H3/t14-/m1/s1. The molecule has 0 saturated heterocycles. The summed E-state index contributed by atoms with van der Waals surface area (Å²) in [7, 11) is 1.63. The summed E-state index contributed by atoms with van der Waals surface area (Å²) in [6.45, 7) is 1.97. The van der Waals surface area contributed by atoms with Crippen molar-refractivity contribution in [3.8, 4) is 5.75 Å². The maximum atomic E-state index is 12.1. The van der Waals surface area contributed by atoms with Gasteiger partial charge in [-0.1, -0.05) is 12.1 Å². The van der Waals surface area contributed by atoms with E-state index in [1.807, 2.05) is 25.1 Å². The lowest BCUT2D eigenvalue weighted by atomic mass is 9.85. The fourth-order valence-corrected chi connectivity index (χ4v) is 2.93. The van der Waals surface area contributed by atoms with Crippen LogP contribution in [0.25, 0.3) is 0 Å². The first-order chi connectivity index (χ1) is 10.5. The van der Waals surface area contributed by atoms with E-state index in [4.69, 9.17) is 4.74 Å². The van der Waals surface area contributed by atoms with Gasteiger partial charge < -0.3 is 4.74 Å². The number of carbonyl (C=O) groups is 3. The second-order valence-corrected chi connectivity index (χ2v) is 5.96. The molecule has 0 heterocycles. The maximum Gasteiger partial charge on any atom is 0.140 e. The number of hydrogen-bond acceptors (Lipinski definition) is 4. The van der Waals surface area contributed by atoms with E-state index in [1.54, 1.807) is 7.11 Å². The predicted molar refractivity (Wildman–Crippen MR) is 83.2 cm³/mol. The van der Waals surface area contributed by atoms with Crippen LogP contribution in [0, 0.1) is 6.92 Å². The van der Waals surface area contributed by atoms with Crippen LogP contribution in [0.2, 0.25) is 0 Å². The van der Waals surface area contributed by atoms with Crippen molar-refractivity contribution in [1.82, 2.24) is 0 Å². The first-order valence-electron chi connectivity index (χ1n) is 7.69. The summed E-state index contributed by atoms with van der Waals surface area (Å²) in [5.41, 5.74) is 2.08. The van der Waals surface area contributed by atoms with Gasteiger partial charge in [0.2, 0.25) is 0 Å². The van der Waals surface area contributed by atoms with Crippen molar-refractivity contribution in [3.63, 3.8) is 0 Å². The van der Waals surface area contributed by atoms with Gasteiger partial charge in [-0.15, -0.1) is 0 Å². The summed E-state index contributed by atoms with van der Waals surface area (Å²) in [5.74, 6) is 0.818.